The minimum atomic E-state index is -5.46. The Balaban J connectivity index is 1.69. The van der Waals surface area contributed by atoms with Gasteiger partial charge >= 0.3 is 24.7 Å². The zero-order chi connectivity index (χ0) is 39.4. The smallest absolute Gasteiger partial charge is 0.313 e. The Hall–Kier alpha value is -3.47. The highest BCUT2D eigenvalue weighted by atomic mass is 19.4. The van der Waals surface area contributed by atoms with Crippen LogP contribution in [0.15, 0.2) is 36.4 Å². The molecule has 0 unspecified atom stereocenters. The lowest BCUT2D eigenvalue weighted by atomic mass is 9.69. The summed E-state index contributed by atoms with van der Waals surface area (Å²) >= 11 is 0. The van der Waals surface area contributed by atoms with Crippen molar-refractivity contribution in [2.75, 3.05) is 32.7 Å². The highest BCUT2D eigenvalue weighted by Gasteiger charge is 2.45. The Morgan fingerprint density at radius 2 is 1.26 bits per heavy atom. The maximum atomic E-state index is 14.1. The lowest BCUT2D eigenvalue weighted by Crippen LogP contribution is -2.47. The van der Waals surface area contributed by atoms with Crippen molar-refractivity contribution in [3.05, 3.63) is 69.8 Å². The molecule has 2 aliphatic rings. The molecule has 53 heavy (non-hydrogen) atoms. The molecule has 0 saturated carbocycles. The van der Waals surface area contributed by atoms with Gasteiger partial charge in [-0.15, -0.1) is 0 Å². The summed E-state index contributed by atoms with van der Waals surface area (Å²) in [5.41, 5.74) is -10.8. The highest BCUT2D eigenvalue weighted by Crippen LogP contribution is 2.45. The normalized spacial score (nSPS) is 18.5. The number of Topliss-reactive ketones (excluding diaryl/α,β-unsaturated/α-hetero) is 1. The van der Waals surface area contributed by atoms with Crippen LogP contribution in [0.1, 0.15) is 91.2 Å². The number of nitrogens with one attached hydrogen (secondary N) is 2. The Kier molecular flexibility index (Phi) is 13.2. The van der Waals surface area contributed by atoms with Gasteiger partial charge in [0.1, 0.15) is 0 Å². The number of nitrogens with zero attached hydrogens (tertiary/aromatic N) is 2. The molecule has 2 aliphatic heterocycles. The third-order valence-electron chi connectivity index (χ3n) is 10.2. The van der Waals surface area contributed by atoms with E-state index in [9.17, 15) is 57.5 Å². The fourth-order valence-corrected chi connectivity index (χ4v) is 7.41. The molecule has 0 radical (unpaired) electrons. The van der Waals surface area contributed by atoms with Crippen LogP contribution in [0.25, 0.3) is 0 Å². The van der Waals surface area contributed by atoms with Crippen LogP contribution in [-0.2, 0) is 41.3 Å². The van der Waals surface area contributed by atoms with E-state index in [1.807, 2.05) is 4.90 Å². The lowest BCUT2D eigenvalue weighted by Gasteiger charge is -2.42. The van der Waals surface area contributed by atoms with E-state index in [4.69, 9.17) is 10.8 Å². The number of hydrogen-bond acceptors (Lipinski definition) is 5. The number of rotatable bonds is 13. The van der Waals surface area contributed by atoms with Crippen LogP contribution in [0, 0.1) is 10.8 Å². The molecule has 294 valence electrons. The zero-order valence-corrected chi connectivity index (χ0v) is 28.6. The number of piperidine rings is 2. The molecule has 17 heteroatoms. The van der Waals surface area contributed by atoms with Gasteiger partial charge in [0.05, 0.1) is 28.0 Å². The Labute approximate surface area is 298 Å². The maximum Gasteiger partial charge on any atom is 0.417 e. The molecule has 5 nitrogen and oxygen atoms in total. The Bertz CT molecular complexity index is 1570. The van der Waals surface area contributed by atoms with Crippen LogP contribution >= 0.6 is 0 Å². The monoisotopic (exact) mass is 772 g/mol. The second-order valence-corrected chi connectivity index (χ2v) is 13.9. The minimum absolute atomic E-state index is 0.0741. The van der Waals surface area contributed by atoms with Crippen molar-refractivity contribution in [2.24, 2.45) is 0 Å². The quantitative estimate of drug-likeness (QED) is 0.157. The fourth-order valence-electron chi connectivity index (χ4n) is 7.41. The minimum Gasteiger partial charge on any atom is -0.313 e. The summed E-state index contributed by atoms with van der Waals surface area (Å²) < 4.78 is 164. The molecule has 2 aromatic carbocycles. The highest BCUT2D eigenvalue weighted by molar-refractivity contribution is 6.39. The average molecular weight is 773 g/mol. The second kappa shape index (κ2) is 16.5. The molecule has 1 atom stereocenters. The van der Waals surface area contributed by atoms with Gasteiger partial charge in [-0.3, -0.25) is 4.79 Å². The van der Waals surface area contributed by atoms with Gasteiger partial charge in [0.25, 0.3) is 0 Å². The first-order chi connectivity index (χ1) is 24.5. The summed E-state index contributed by atoms with van der Waals surface area (Å²) in [5, 5.41) is 16.3. The van der Waals surface area contributed by atoms with Crippen molar-refractivity contribution in [3.63, 3.8) is 0 Å². The number of carbonyl (C=O) groups excluding carboxylic acids is 1. The van der Waals surface area contributed by atoms with Gasteiger partial charge in [-0.2, -0.15) is 52.7 Å². The molecule has 2 saturated heterocycles. The predicted molar refractivity (Wildman–Crippen MR) is 173 cm³/mol. The molecule has 2 fully saturated rings. The van der Waals surface area contributed by atoms with Gasteiger partial charge in [0.2, 0.25) is 0 Å². The van der Waals surface area contributed by atoms with E-state index < -0.39 is 82.3 Å². The largest absolute Gasteiger partial charge is 0.417 e. The first kappa shape index (κ1) is 42.3. The average Bonchev–Trinajstić information content (AvgIpc) is 3.08. The summed E-state index contributed by atoms with van der Waals surface area (Å²) in [7, 11) is 0. The van der Waals surface area contributed by atoms with Gasteiger partial charge in [-0.25, -0.2) is 0 Å². The van der Waals surface area contributed by atoms with Crippen molar-refractivity contribution >= 4 is 17.7 Å². The summed E-state index contributed by atoms with van der Waals surface area (Å²) in [5.74, 6) is -1.22. The van der Waals surface area contributed by atoms with E-state index in [2.05, 4.69) is 4.90 Å². The lowest BCUT2D eigenvalue weighted by molar-refractivity contribution is -0.162. The fraction of sp³-hybridized carbons (Fsp3) is 0.583. The number of benzene rings is 2. The van der Waals surface area contributed by atoms with Crippen LogP contribution in [-0.4, -0.2) is 66.3 Å². The molecule has 2 heterocycles. The summed E-state index contributed by atoms with van der Waals surface area (Å²) in [6, 6.07) is 2.32. The molecule has 2 aromatic rings. The van der Waals surface area contributed by atoms with E-state index in [1.165, 1.54) is 0 Å². The molecule has 2 N–H and O–H groups in total. The van der Waals surface area contributed by atoms with Crippen LogP contribution in [0.5, 0.6) is 0 Å². The summed E-state index contributed by atoms with van der Waals surface area (Å²) in [4.78, 5) is 17.8. The van der Waals surface area contributed by atoms with Gasteiger partial charge in [0.15, 0.2) is 5.78 Å². The van der Waals surface area contributed by atoms with Crippen LogP contribution < -0.4 is 0 Å². The van der Waals surface area contributed by atoms with Crippen LogP contribution in [0.4, 0.5) is 52.7 Å². The van der Waals surface area contributed by atoms with Crippen molar-refractivity contribution in [3.8, 4) is 0 Å². The Morgan fingerprint density at radius 3 is 1.77 bits per heavy atom. The van der Waals surface area contributed by atoms with Gasteiger partial charge < -0.3 is 20.6 Å². The standard InChI is InChI=1S/C36H40F12N4O/c37-33(38,39)25-17-23(18-26(20-25)34(40,41)42)19-31(53)30(50)22-32(9-4-11-49,24-5-6-28(35(43,44)45)29(21-24)36(46,47)48)10-16-51-14-7-27(8-15-51)52-12-2-1-3-13-52/h5-6,11,17-18,20-21,27,49-50H,1-4,7-10,12-16,19,22H2/t32-/m0/s1. The zero-order valence-electron chi connectivity index (χ0n) is 28.6. The van der Waals surface area contributed by atoms with Gasteiger partial charge in [-0.05, 0) is 125 Å². The number of hydrogen-bond donors (Lipinski definition) is 2. The molecular weight excluding hydrogens is 732 g/mol. The van der Waals surface area contributed by atoms with Gasteiger partial charge in [-0.1, -0.05) is 12.5 Å². The number of ketones is 1. The van der Waals surface area contributed by atoms with Gasteiger partial charge in [0, 0.05) is 24.3 Å². The summed E-state index contributed by atoms with van der Waals surface area (Å²) in [6.45, 7) is 3.32. The van der Waals surface area contributed by atoms with Crippen molar-refractivity contribution in [1.82, 2.24) is 9.80 Å². The third-order valence-corrected chi connectivity index (χ3v) is 10.2. The number of halogens is 12. The predicted octanol–water partition coefficient (Wildman–Crippen LogP) is 9.99. The Morgan fingerprint density at radius 1 is 0.698 bits per heavy atom. The molecule has 0 amide bonds. The molecular formula is C36H40F12N4O. The first-order valence-electron chi connectivity index (χ1n) is 17.2. The molecule has 0 aliphatic carbocycles. The second-order valence-electron chi connectivity index (χ2n) is 13.9. The molecule has 0 aromatic heterocycles. The SMILES string of the molecule is N=CCC[C@](CCN1CCC(N2CCCCC2)CC1)(CC(=N)C(=O)Cc1cc(C(F)(F)F)cc(C(F)(F)F)c1)c1ccc(C(F)(F)F)c(C(F)(F)F)c1. The molecule has 4 rings (SSSR count). The van der Waals surface area contributed by atoms with E-state index in [1.54, 1.807) is 0 Å². The van der Waals surface area contributed by atoms with E-state index in [0.29, 0.717) is 37.3 Å². The molecule has 0 bridgehead atoms. The summed E-state index contributed by atoms with van der Waals surface area (Å²) in [6.07, 6.45) is -17.6. The van der Waals surface area contributed by atoms with E-state index in [0.717, 1.165) is 57.5 Å². The van der Waals surface area contributed by atoms with Crippen LogP contribution in [0.3, 0.4) is 0 Å². The van der Waals surface area contributed by atoms with Crippen molar-refractivity contribution < 1.29 is 57.5 Å². The van der Waals surface area contributed by atoms with Crippen molar-refractivity contribution in [2.45, 2.75) is 100 Å². The van der Waals surface area contributed by atoms with E-state index >= 15 is 0 Å². The number of likely N-dealkylation sites (tertiary alicyclic amines) is 2. The third kappa shape index (κ3) is 11.0. The van der Waals surface area contributed by atoms with Crippen LogP contribution in [0.2, 0.25) is 0 Å². The maximum absolute atomic E-state index is 14.1. The topological polar surface area (TPSA) is 71.2 Å². The van der Waals surface area contributed by atoms with E-state index in [-0.39, 0.29) is 43.5 Å². The molecule has 0 spiro atoms. The number of alkyl halides is 12. The number of carbonyl (C=O) groups is 1. The first-order valence-corrected chi connectivity index (χ1v) is 17.2. The van der Waals surface area contributed by atoms with Crippen molar-refractivity contribution in [1.29, 1.82) is 10.8 Å².